The molecule has 1 aromatic heterocycles. The summed E-state index contributed by atoms with van der Waals surface area (Å²) in [7, 11) is -2.06. The van der Waals surface area contributed by atoms with Gasteiger partial charge in [0.25, 0.3) is 10.0 Å². The molecule has 3 aromatic rings. The zero-order valence-corrected chi connectivity index (χ0v) is 18.8. The van der Waals surface area contributed by atoms with Crippen LogP contribution in [0.1, 0.15) is 42.3 Å². The van der Waals surface area contributed by atoms with E-state index in [1.54, 1.807) is 30.8 Å². The van der Waals surface area contributed by atoms with E-state index < -0.39 is 10.0 Å². The molecule has 0 bridgehead atoms. The molecule has 1 heterocycles. The molecule has 6 nitrogen and oxygen atoms in total. The van der Waals surface area contributed by atoms with Crippen molar-refractivity contribution in [2.45, 2.75) is 51.5 Å². The van der Waals surface area contributed by atoms with Crippen molar-refractivity contribution in [2.75, 3.05) is 11.8 Å². The predicted octanol–water partition coefficient (Wildman–Crippen LogP) is 4.70. The number of ether oxygens (including phenoxy) is 1. The van der Waals surface area contributed by atoms with Crippen LogP contribution in [-0.4, -0.2) is 25.3 Å². The number of nitrogens with zero attached hydrogens (tertiary/aromatic N) is 2. The fourth-order valence-corrected chi connectivity index (χ4v) is 4.53. The Kier molecular flexibility index (Phi) is 6.82. The van der Waals surface area contributed by atoms with Gasteiger partial charge in [0.05, 0.1) is 35.6 Å². The number of methoxy groups -OCH3 is 1. The van der Waals surface area contributed by atoms with Gasteiger partial charge >= 0.3 is 0 Å². The van der Waals surface area contributed by atoms with E-state index in [2.05, 4.69) is 16.7 Å². The lowest BCUT2D eigenvalue weighted by molar-refractivity contribution is 0.414. The fraction of sp³-hybridized carbons (Fsp3) is 0.348. The van der Waals surface area contributed by atoms with Crippen LogP contribution in [0.2, 0.25) is 0 Å². The zero-order valence-electron chi connectivity index (χ0n) is 18.0. The number of hydrogen-bond donors (Lipinski definition) is 1. The maximum atomic E-state index is 12.9. The van der Waals surface area contributed by atoms with Gasteiger partial charge in [-0.25, -0.2) is 8.42 Å². The number of aromatic nitrogens is 2. The van der Waals surface area contributed by atoms with E-state index in [4.69, 9.17) is 4.74 Å². The van der Waals surface area contributed by atoms with Crippen LogP contribution in [0, 0.1) is 13.8 Å². The number of nitrogens with one attached hydrogen (secondary N) is 1. The minimum atomic E-state index is -3.69. The molecule has 0 saturated carbocycles. The summed E-state index contributed by atoms with van der Waals surface area (Å²) in [5, 5.41) is 4.54. The lowest BCUT2D eigenvalue weighted by Gasteiger charge is -2.10. The molecule has 1 N–H and O–H groups in total. The van der Waals surface area contributed by atoms with Gasteiger partial charge in [-0.1, -0.05) is 37.6 Å². The number of benzene rings is 2. The molecule has 0 saturated heterocycles. The van der Waals surface area contributed by atoms with Crippen molar-refractivity contribution in [3.63, 3.8) is 0 Å². The number of hydrogen-bond acceptors (Lipinski definition) is 4. The molecule has 0 amide bonds. The largest absolute Gasteiger partial charge is 0.497 e. The Morgan fingerprint density at radius 1 is 1.07 bits per heavy atom. The maximum absolute atomic E-state index is 12.9. The predicted molar refractivity (Wildman–Crippen MR) is 120 cm³/mol. The van der Waals surface area contributed by atoms with Gasteiger partial charge in [0.15, 0.2) is 0 Å². The monoisotopic (exact) mass is 427 g/mol. The minimum absolute atomic E-state index is 0.252. The molecule has 2 aromatic carbocycles. The van der Waals surface area contributed by atoms with E-state index in [0.717, 1.165) is 41.8 Å². The highest BCUT2D eigenvalue weighted by atomic mass is 32.2. The first-order chi connectivity index (χ1) is 14.3. The highest BCUT2D eigenvalue weighted by molar-refractivity contribution is 7.92. The van der Waals surface area contributed by atoms with E-state index in [9.17, 15) is 8.42 Å². The summed E-state index contributed by atoms with van der Waals surface area (Å²) >= 11 is 0. The third-order valence-corrected chi connectivity index (χ3v) is 6.50. The van der Waals surface area contributed by atoms with Crippen molar-refractivity contribution < 1.29 is 13.2 Å². The van der Waals surface area contributed by atoms with Crippen LogP contribution < -0.4 is 9.46 Å². The van der Waals surface area contributed by atoms with Gasteiger partial charge < -0.3 is 4.74 Å². The van der Waals surface area contributed by atoms with Crippen molar-refractivity contribution in [1.82, 2.24) is 9.78 Å². The molecule has 0 aliphatic rings. The summed E-state index contributed by atoms with van der Waals surface area (Å²) in [5.74, 6) is 0.775. The van der Waals surface area contributed by atoms with Gasteiger partial charge in [-0.2, -0.15) is 5.10 Å². The van der Waals surface area contributed by atoms with E-state index in [1.807, 2.05) is 43.3 Å². The second-order valence-corrected chi connectivity index (χ2v) is 9.09. The molecular weight excluding hydrogens is 398 g/mol. The van der Waals surface area contributed by atoms with Crippen LogP contribution in [-0.2, 0) is 23.0 Å². The average molecular weight is 428 g/mol. The van der Waals surface area contributed by atoms with Gasteiger partial charge in [0.1, 0.15) is 5.75 Å². The third-order valence-electron chi connectivity index (χ3n) is 5.14. The van der Waals surface area contributed by atoms with Crippen LogP contribution >= 0.6 is 0 Å². The van der Waals surface area contributed by atoms with Crippen LogP contribution in [0.3, 0.4) is 0 Å². The summed E-state index contributed by atoms with van der Waals surface area (Å²) in [5.41, 5.74) is 4.09. The Balaban J connectivity index is 1.80. The number of sulfonamides is 1. The van der Waals surface area contributed by atoms with Crippen molar-refractivity contribution in [1.29, 1.82) is 0 Å². The molecule has 0 spiro atoms. The van der Waals surface area contributed by atoms with Gasteiger partial charge in [-0.3, -0.25) is 9.40 Å². The first-order valence-electron chi connectivity index (χ1n) is 10.1. The lowest BCUT2D eigenvalue weighted by Crippen LogP contribution is -2.14. The van der Waals surface area contributed by atoms with Crippen molar-refractivity contribution in [2.24, 2.45) is 0 Å². The molecule has 7 heteroatoms. The summed E-state index contributed by atoms with van der Waals surface area (Å²) in [6, 6.07) is 14.8. The normalized spacial score (nSPS) is 11.5. The van der Waals surface area contributed by atoms with Crippen molar-refractivity contribution in [3.05, 3.63) is 71.0 Å². The molecule has 0 atom stereocenters. The average Bonchev–Trinajstić information content (AvgIpc) is 2.99. The highest BCUT2D eigenvalue weighted by Gasteiger charge is 2.20. The van der Waals surface area contributed by atoms with Gasteiger partial charge in [-0.15, -0.1) is 0 Å². The van der Waals surface area contributed by atoms with Crippen LogP contribution in [0.15, 0.2) is 53.4 Å². The summed E-state index contributed by atoms with van der Waals surface area (Å²) in [6.07, 6.45) is 3.16. The minimum Gasteiger partial charge on any atom is -0.497 e. The van der Waals surface area contributed by atoms with Crippen LogP contribution in [0.5, 0.6) is 5.75 Å². The smallest absolute Gasteiger partial charge is 0.262 e. The Labute approximate surface area is 178 Å². The highest BCUT2D eigenvalue weighted by Crippen LogP contribution is 2.25. The van der Waals surface area contributed by atoms with Crippen LogP contribution in [0.4, 0.5) is 5.69 Å². The summed E-state index contributed by atoms with van der Waals surface area (Å²) in [4.78, 5) is 0.252. The molecular formula is C23H29N3O3S. The van der Waals surface area contributed by atoms with Crippen molar-refractivity contribution in [3.8, 4) is 5.75 Å². The quantitative estimate of drug-likeness (QED) is 0.537. The molecule has 0 aliphatic heterocycles. The summed E-state index contributed by atoms with van der Waals surface area (Å²) < 4.78 is 35.6. The Morgan fingerprint density at radius 3 is 2.47 bits per heavy atom. The molecule has 0 fully saturated rings. The Hall–Kier alpha value is -2.80. The number of rotatable bonds is 9. The standard InChI is InChI=1S/C23H29N3O3S/c1-5-6-8-19-11-13-22(14-12-19)30(27,28)25-23-17(2)24-26(18(23)3)16-20-9-7-10-21(15-20)29-4/h7,9-15,25H,5-6,8,16H2,1-4H3. The van der Waals surface area contributed by atoms with Gasteiger partial charge in [0.2, 0.25) is 0 Å². The van der Waals surface area contributed by atoms with E-state index >= 15 is 0 Å². The van der Waals surface area contributed by atoms with E-state index in [0.29, 0.717) is 17.9 Å². The molecule has 0 aliphatic carbocycles. The first kappa shape index (κ1) is 21.9. The van der Waals surface area contributed by atoms with Crippen molar-refractivity contribution >= 4 is 15.7 Å². The van der Waals surface area contributed by atoms with Crippen LogP contribution in [0.25, 0.3) is 0 Å². The Morgan fingerprint density at radius 2 is 1.80 bits per heavy atom. The number of aryl methyl sites for hydroxylation is 2. The number of anilines is 1. The zero-order chi connectivity index (χ0) is 21.7. The molecule has 30 heavy (non-hydrogen) atoms. The molecule has 3 rings (SSSR count). The fourth-order valence-electron chi connectivity index (χ4n) is 3.35. The molecule has 160 valence electrons. The summed E-state index contributed by atoms with van der Waals surface area (Å²) in [6.45, 7) is 6.34. The maximum Gasteiger partial charge on any atom is 0.262 e. The third kappa shape index (κ3) is 5.02. The van der Waals surface area contributed by atoms with Gasteiger partial charge in [0, 0.05) is 0 Å². The lowest BCUT2D eigenvalue weighted by atomic mass is 10.1. The van der Waals surface area contributed by atoms with Gasteiger partial charge in [-0.05, 0) is 62.1 Å². The number of unbranched alkanes of at least 4 members (excludes halogenated alkanes) is 1. The SMILES string of the molecule is CCCCc1ccc(S(=O)(=O)Nc2c(C)nn(Cc3cccc(OC)c3)c2C)cc1. The second-order valence-electron chi connectivity index (χ2n) is 7.41. The molecule has 0 unspecified atom stereocenters. The Bertz CT molecular complexity index is 1100. The topological polar surface area (TPSA) is 73.2 Å². The molecule has 0 radical (unpaired) electrons. The first-order valence-corrected chi connectivity index (χ1v) is 11.6. The van der Waals surface area contributed by atoms with E-state index in [-0.39, 0.29) is 4.90 Å². The second kappa shape index (κ2) is 9.34. The van der Waals surface area contributed by atoms with E-state index in [1.165, 1.54) is 0 Å².